The Morgan fingerprint density at radius 3 is 2.68 bits per heavy atom. The van der Waals surface area contributed by atoms with Crippen molar-refractivity contribution in [3.05, 3.63) is 60.2 Å². The maximum atomic E-state index is 9.65. The van der Waals surface area contributed by atoms with E-state index in [2.05, 4.69) is 4.98 Å². The van der Waals surface area contributed by atoms with E-state index in [9.17, 15) is 5.11 Å². The summed E-state index contributed by atoms with van der Waals surface area (Å²) in [5, 5.41) is 10.7. The van der Waals surface area contributed by atoms with E-state index in [1.807, 2.05) is 49.4 Å². The van der Waals surface area contributed by atoms with E-state index in [0.29, 0.717) is 17.2 Å². The fraction of sp³-hybridized carbons (Fsp3) is 0.0625. The third-order valence-electron chi connectivity index (χ3n) is 3.04. The summed E-state index contributed by atoms with van der Waals surface area (Å²) in [7, 11) is 0. The Bertz CT molecular complexity index is 738. The molecule has 19 heavy (non-hydrogen) atoms. The molecule has 0 atom stereocenters. The van der Waals surface area contributed by atoms with Crippen molar-refractivity contribution in [2.24, 2.45) is 0 Å². The molecule has 0 bridgehead atoms. The fourth-order valence-corrected chi connectivity index (χ4v) is 1.93. The number of aromatic nitrogens is 1. The Hall–Kier alpha value is -2.55. The number of ether oxygens (including phenoxy) is 1. The topological polar surface area (TPSA) is 42.4 Å². The number of aromatic hydroxyl groups is 1. The van der Waals surface area contributed by atoms with Gasteiger partial charge >= 0.3 is 0 Å². The summed E-state index contributed by atoms with van der Waals surface area (Å²) in [6.45, 7) is 1.81. The molecule has 0 radical (unpaired) electrons. The van der Waals surface area contributed by atoms with Gasteiger partial charge in [0.2, 0.25) is 5.88 Å². The second kappa shape index (κ2) is 4.61. The normalized spacial score (nSPS) is 10.6. The van der Waals surface area contributed by atoms with E-state index < -0.39 is 0 Å². The Morgan fingerprint density at radius 2 is 1.79 bits per heavy atom. The van der Waals surface area contributed by atoms with Gasteiger partial charge in [-0.25, -0.2) is 4.98 Å². The van der Waals surface area contributed by atoms with Crippen LogP contribution < -0.4 is 4.74 Å². The lowest BCUT2D eigenvalue weighted by Crippen LogP contribution is -1.90. The number of nitrogens with zero attached hydrogens (tertiary/aromatic N) is 1. The van der Waals surface area contributed by atoms with Crippen molar-refractivity contribution in [2.75, 3.05) is 0 Å². The number of benzene rings is 2. The predicted octanol–water partition coefficient (Wildman–Crippen LogP) is 4.04. The first-order valence-corrected chi connectivity index (χ1v) is 6.06. The third kappa shape index (κ3) is 2.22. The molecule has 3 rings (SSSR count). The molecule has 0 aliphatic carbocycles. The predicted molar refractivity (Wildman–Crippen MR) is 74.7 cm³/mol. The van der Waals surface area contributed by atoms with Crippen LogP contribution in [0.3, 0.4) is 0 Å². The van der Waals surface area contributed by atoms with E-state index in [-0.39, 0.29) is 5.75 Å². The zero-order chi connectivity index (χ0) is 13.2. The summed E-state index contributed by atoms with van der Waals surface area (Å²) in [5.41, 5.74) is 1.59. The van der Waals surface area contributed by atoms with Gasteiger partial charge in [-0.15, -0.1) is 0 Å². The molecule has 0 saturated carbocycles. The minimum atomic E-state index is 0.221. The van der Waals surface area contributed by atoms with Gasteiger partial charge in [-0.1, -0.05) is 24.3 Å². The standard InChI is InChI=1S/C16H13NO2/c1-11-14(18)7-4-8-15(11)19-16-10-9-12-5-2-3-6-13(12)17-16/h2-10,18H,1H3. The third-order valence-corrected chi connectivity index (χ3v) is 3.04. The van der Waals surface area contributed by atoms with Crippen LogP contribution in [0.5, 0.6) is 17.4 Å². The van der Waals surface area contributed by atoms with E-state index in [1.165, 1.54) is 0 Å². The molecule has 2 aromatic carbocycles. The molecular weight excluding hydrogens is 238 g/mol. The molecule has 0 spiro atoms. The van der Waals surface area contributed by atoms with Crippen molar-refractivity contribution in [2.45, 2.75) is 6.92 Å². The summed E-state index contributed by atoms with van der Waals surface area (Å²) >= 11 is 0. The fourth-order valence-electron chi connectivity index (χ4n) is 1.93. The van der Waals surface area contributed by atoms with E-state index in [4.69, 9.17) is 4.74 Å². The summed E-state index contributed by atoms with van der Waals surface area (Å²) in [4.78, 5) is 4.44. The molecule has 0 aliphatic rings. The van der Waals surface area contributed by atoms with E-state index in [1.54, 1.807) is 12.1 Å². The number of fused-ring (bicyclic) bond motifs is 1. The number of pyridine rings is 1. The Balaban J connectivity index is 1.99. The maximum absolute atomic E-state index is 9.65. The minimum Gasteiger partial charge on any atom is -0.508 e. The van der Waals surface area contributed by atoms with Crippen molar-refractivity contribution in [3.8, 4) is 17.4 Å². The Labute approximate surface area is 111 Å². The average Bonchev–Trinajstić information content (AvgIpc) is 2.44. The molecule has 0 fully saturated rings. The minimum absolute atomic E-state index is 0.221. The quantitative estimate of drug-likeness (QED) is 0.747. The van der Waals surface area contributed by atoms with Crippen LogP contribution in [-0.2, 0) is 0 Å². The SMILES string of the molecule is Cc1c(O)cccc1Oc1ccc2ccccc2n1. The molecule has 3 nitrogen and oxygen atoms in total. The summed E-state index contributed by atoms with van der Waals surface area (Å²) in [6, 6.07) is 16.9. The lowest BCUT2D eigenvalue weighted by molar-refractivity contribution is 0.440. The highest BCUT2D eigenvalue weighted by atomic mass is 16.5. The highest BCUT2D eigenvalue weighted by Crippen LogP contribution is 2.30. The number of phenolic OH excluding ortho intramolecular Hbond substituents is 1. The summed E-state index contributed by atoms with van der Waals surface area (Å²) in [6.07, 6.45) is 0. The number of hydrogen-bond donors (Lipinski definition) is 1. The Morgan fingerprint density at radius 1 is 0.947 bits per heavy atom. The van der Waals surface area contributed by atoms with E-state index in [0.717, 1.165) is 10.9 Å². The average molecular weight is 251 g/mol. The van der Waals surface area contributed by atoms with Crippen molar-refractivity contribution in [3.63, 3.8) is 0 Å². The monoisotopic (exact) mass is 251 g/mol. The van der Waals surface area contributed by atoms with Gasteiger partial charge in [0.15, 0.2) is 0 Å². The van der Waals surface area contributed by atoms with Gasteiger partial charge in [-0.3, -0.25) is 0 Å². The summed E-state index contributed by atoms with van der Waals surface area (Å²) < 4.78 is 5.73. The first-order valence-electron chi connectivity index (χ1n) is 6.06. The first kappa shape index (κ1) is 11.5. The lowest BCUT2D eigenvalue weighted by Gasteiger charge is -2.09. The van der Waals surface area contributed by atoms with E-state index >= 15 is 0 Å². The van der Waals surface area contributed by atoms with Gasteiger partial charge in [0, 0.05) is 17.0 Å². The van der Waals surface area contributed by atoms with Gasteiger partial charge in [0.05, 0.1) is 5.52 Å². The van der Waals surface area contributed by atoms with Crippen LogP contribution in [0.2, 0.25) is 0 Å². The Kier molecular flexibility index (Phi) is 2.80. The molecule has 1 N–H and O–H groups in total. The molecule has 0 amide bonds. The zero-order valence-corrected chi connectivity index (χ0v) is 10.5. The van der Waals surface area contributed by atoms with Gasteiger partial charge < -0.3 is 9.84 Å². The zero-order valence-electron chi connectivity index (χ0n) is 10.5. The van der Waals surface area contributed by atoms with Crippen molar-refractivity contribution in [1.82, 2.24) is 4.98 Å². The molecular formula is C16H13NO2. The molecule has 0 unspecified atom stereocenters. The second-order valence-electron chi connectivity index (χ2n) is 4.34. The summed E-state index contributed by atoms with van der Waals surface area (Å²) in [5.74, 6) is 1.36. The largest absolute Gasteiger partial charge is 0.508 e. The van der Waals surface area contributed by atoms with Crippen molar-refractivity contribution in [1.29, 1.82) is 0 Å². The molecule has 0 aliphatic heterocycles. The van der Waals surface area contributed by atoms with Crippen LogP contribution in [-0.4, -0.2) is 10.1 Å². The van der Waals surface area contributed by atoms with Gasteiger partial charge in [0.1, 0.15) is 11.5 Å². The molecule has 1 heterocycles. The molecule has 3 aromatic rings. The maximum Gasteiger partial charge on any atom is 0.219 e. The van der Waals surface area contributed by atoms with Crippen LogP contribution in [0.25, 0.3) is 10.9 Å². The number of hydrogen-bond acceptors (Lipinski definition) is 3. The van der Waals surface area contributed by atoms with Crippen molar-refractivity contribution >= 4 is 10.9 Å². The van der Waals surface area contributed by atoms with Crippen LogP contribution >= 0.6 is 0 Å². The molecule has 3 heteroatoms. The molecule has 94 valence electrons. The van der Waals surface area contributed by atoms with Crippen LogP contribution in [0.4, 0.5) is 0 Å². The van der Waals surface area contributed by atoms with Crippen LogP contribution in [0, 0.1) is 6.92 Å². The number of rotatable bonds is 2. The van der Waals surface area contributed by atoms with Crippen LogP contribution in [0.1, 0.15) is 5.56 Å². The lowest BCUT2D eigenvalue weighted by atomic mass is 10.2. The van der Waals surface area contributed by atoms with Crippen LogP contribution in [0.15, 0.2) is 54.6 Å². The van der Waals surface area contributed by atoms with Gasteiger partial charge in [0.25, 0.3) is 0 Å². The van der Waals surface area contributed by atoms with Crippen molar-refractivity contribution < 1.29 is 9.84 Å². The number of phenols is 1. The van der Waals surface area contributed by atoms with Gasteiger partial charge in [-0.2, -0.15) is 0 Å². The number of para-hydroxylation sites is 1. The second-order valence-corrected chi connectivity index (χ2v) is 4.34. The molecule has 0 saturated heterocycles. The highest BCUT2D eigenvalue weighted by Gasteiger charge is 2.06. The highest BCUT2D eigenvalue weighted by molar-refractivity contribution is 5.78. The van der Waals surface area contributed by atoms with Gasteiger partial charge in [-0.05, 0) is 31.2 Å². The first-order chi connectivity index (χ1) is 9.24. The smallest absolute Gasteiger partial charge is 0.219 e. The molecule has 1 aromatic heterocycles.